The molecule has 0 bridgehead atoms. The van der Waals surface area contributed by atoms with Crippen molar-refractivity contribution in [3.8, 4) is 0 Å². The zero-order valence-corrected chi connectivity index (χ0v) is 34.6. The van der Waals surface area contributed by atoms with Crippen LogP contribution in [0.25, 0.3) is 0 Å². The molecule has 1 saturated heterocycles. The Morgan fingerprint density at radius 1 is 0.510 bits per heavy atom. The summed E-state index contributed by atoms with van der Waals surface area (Å²) in [6, 6.07) is 0. The quantitative estimate of drug-likeness (QED) is 0.0448. The van der Waals surface area contributed by atoms with Gasteiger partial charge in [0.05, 0.1) is 6.10 Å². The van der Waals surface area contributed by atoms with Crippen LogP contribution in [0.1, 0.15) is 194 Å². The summed E-state index contributed by atoms with van der Waals surface area (Å²) in [5.74, 6) is 0. The third-order valence-electron chi connectivity index (χ3n) is 11.1. The third-order valence-corrected chi connectivity index (χ3v) is 11.1. The molecule has 1 fully saturated rings. The highest BCUT2D eigenvalue weighted by Crippen LogP contribution is 2.15. The van der Waals surface area contributed by atoms with Crippen molar-refractivity contribution >= 4 is 6.41 Å². The van der Waals surface area contributed by atoms with E-state index in [4.69, 9.17) is 0 Å². The van der Waals surface area contributed by atoms with Crippen LogP contribution in [0.5, 0.6) is 0 Å². The molecule has 7 nitrogen and oxygen atoms in total. The lowest BCUT2D eigenvalue weighted by atomic mass is 10.0. The van der Waals surface area contributed by atoms with Crippen LogP contribution < -0.4 is 10.6 Å². The Morgan fingerprint density at radius 2 is 0.824 bits per heavy atom. The lowest BCUT2D eigenvalue weighted by molar-refractivity contribution is -0.118. The molecular weight excluding hydrogens is 631 g/mol. The van der Waals surface area contributed by atoms with Crippen molar-refractivity contribution in [2.45, 2.75) is 200 Å². The molecule has 0 spiro atoms. The normalized spacial score (nSPS) is 16.0. The first-order valence-electron chi connectivity index (χ1n) is 22.9. The lowest BCUT2D eigenvalue weighted by Gasteiger charge is -2.30. The number of nitrogens with one attached hydrogen (secondary N) is 2. The van der Waals surface area contributed by atoms with Gasteiger partial charge in [-0.1, -0.05) is 181 Å². The average Bonchev–Trinajstić information content (AvgIpc) is 3.12. The fourth-order valence-electron chi connectivity index (χ4n) is 7.69. The molecule has 7 heteroatoms. The Labute approximate surface area is 319 Å². The highest BCUT2D eigenvalue weighted by Gasteiger charge is 2.16. The maximum atomic E-state index is 11.3. The molecule has 1 rings (SSSR count). The first-order valence-corrected chi connectivity index (χ1v) is 22.9. The second kappa shape index (κ2) is 39.0. The SMILES string of the molecule is CCCCCCCCCCCCCCCCN(CCCCCCCCCCCCCCCC)CC(O)CN1CCNCCN(C=O)CCNCC1. The molecular formula is C44H91N5O2. The number of aliphatic hydroxyl groups excluding tert-OH is 1. The third kappa shape index (κ3) is 33.6. The Kier molecular flexibility index (Phi) is 36.9. The Morgan fingerprint density at radius 3 is 1.16 bits per heavy atom. The maximum Gasteiger partial charge on any atom is 0.209 e. The molecule has 1 amide bonds. The molecule has 0 aromatic rings. The van der Waals surface area contributed by atoms with E-state index in [2.05, 4.69) is 34.3 Å². The predicted octanol–water partition coefficient (Wildman–Crippen LogP) is 9.57. The van der Waals surface area contributed by atoms with E-state index in [1.807, 2.05) is 4.90 Å². The minimum Gasteiger partial charge on any atom is -0.390 e. The van der Waals surface area contributed by atoms with E-state index in [1.54, 1.807) is 0 Å². The minimum atomic E-state index is -0.318. The Hall–Kier alpha value is -0.730. The van der Waals surface area contributed by atoms with Crippen LogP contribution in [0, 0.1) is 0 Å². The van der Waals surface area contributed by atoms with Crippen LogP contribution in [0.3, 0.4) is 0 Å². The summed E-state index contributed by atoms with van der Waals surface area (Å²) in [7, 11) is 0. The van der Waals surface area contributed by atoms with Gasteiger partial charge in [0.2, 0.25) is 6.41 Å². The average molecular weight is 722 g/mol. The molecule has 3 N–H and O–H groups in total. The number of unbranched alkanes of at least 4 members (excludes halogenated alkanes) is 26. The summed E-state index contributed by atoms with van der Waals surface area (Å²) in [5, 5.41) is 18.3. The predicted molar refractivity (Wildman–Crippen MR) is 223 cm³/mol. The molecule has 51 heavy (non-hydrogen) atoms. The standard InChI is InChI=1S/C44H91N5O2/c1-3-5-7-9-11-13-15-17-19-21-23-25-27-29-35-47(36-30-28-26-24-22-20-18-16-14-12-10-8-6-4-2)41-44(51)42-48-37-31-45-33-39-49(43-50)40-34-46-32-38-48/h43-46,51H,3-42H2,1-2H3. The smallest absolute Gasteiger partial charge is 0.209 e. The Bertz CT molecular complexity index is 652. The number of hydrogen-bond donors (Lipinski definition) is 3. The highest BCUT2D eigenvalue weighted by atomic mass is 16.3. The molecule has 1 aliphatic rings. The van der Waals surface area contributed by atoms with Crippen molar-refractivity contribution < 1.29 is 9.90 Å². The second-order valence-electron chi connectivity index (χ2n) is 16.1. The molecule has 0 aliphatic carbocycles. The summed E-state index contributed by atoms with van der Waals surface area (Å²) in [6.45, 7) is 15.2. The van der Waals surface area contributed by atoms with Crippen LogP contribution in [0.4, 0.5) is 0 Å². The lowest BCUT2D eigenvalue weighted by Crippen LogP contribution is -2.46. The van der Waals surface area contributed by atoms with E-state index in [9.17, 15) is 9.90 Å². The van der Waals surface area contributed by atoms with Crippen LogP contribution in [-0.2, 0) is 4.79 Å². The fourth-order valence-corrected chi connectivity index (χ4v) is 7.69. The molecule has 0 radical (unpaired) electrons. The van der Waals surface area contributed by atoms with Crippen LogP contribution >= 0.6 is 0 Å². The van der Waals surface area contributed by atoms with E-state index >= 15 is 0 Å². The van der Waals surface area contributed by atoms with E-state index in [0.717, 1.165) is 84.9 Å². The fraction of sp³-hybridized carbons (Fsp3) is 0.977. The number of rotatable bonds is 35. The molecule has 1 aliphatic heterocycles. The summed E-state index contributed by atoms with van der Waals surface area (Å²) in [5.41, 5.74) is 0. The topological polar surface area (TPSA) is 71.1 Å². The van der Waals surface area contributed by atoms with Crippen LogP contribution in [0.2, 0.25) is 0 Å². The Balaban J connectivity index is 2.33. The van der Waals surface area contributed by atoms with Gasteiger partial charge < -0.3 is 25.5 Å². The summed E-state index contributed by atoms with van der Waals surface area (Å²) >= 11 is 0. The number of carbonyl (C=O) groups excluding carboxylic acids is 1. The minimum absolute atomic E-state index is 0.318. The van der Waals surface area contributed by atoms with Crippen molar-refractivity contribution in [1.29, 1.82) is 0 Å². The number of nitrogens with zero attached hydrogens (tertiary/aromatic N) is 3. The van der Waals surface area contributed by atoms with Gasteiger partial charge in [-0.2, -0.15) is 0 Å². The van der Waals surface area contributed by atoms with Crippen molar-refractivity contribution in [2.24, 2.45) is 0 Å². The molecule has 1 unspecified atom stereocenters. The summed E-state index contributed by atoms with van der Waals surface area (Å²) in [6.07, 6.45) is 39.8. The molecule has 0 aromatic carbocycles. The van der Waals surface area contributed by atoms with Crippen LogP contribution in [0.15, 0.2) is 0 Å². The molecule has 1 heterocycles. The molecule has 1 atom stereocenters. The van der Waals surface area contributed by atoms with Gasteiger partial charge in [-0.15, -0.1) is 0 Å². The first kappa shape index (κ1) is 48.3. The molecule has 0 saturated carbocycles. The summed E-state index contributed by atoms with van der Waals surface area (Å²) in [4.78, 5) is 18.1. The molecule has 0 aromatic heterocycles. The van der Waals surface area contributed by atoms with Gasteiger partial charge in [-0.05, 0) is 25.9 Å². The van der Waals surface area contributed by atoms with Gasteiger partial charge >= 0.3 is 0 Å². The van der Waals surface area contributed by atoms with Gasteiger partial charge in [-0.3, -0.25) is 9.69 Å². The van der Waals surface area contributed by atoms with E-state index < -0.39 is 0 Å². The van der Waals surface area contributed by atoms with Gasteiger partial charge in [-0.25, -0.2) is 0 Å². The second-order valence-corrected chi connectivity index (χ2v) is 16.1. The van der Waals surface area contributed by atoms with Gasteiger partial charge in [0.15, 0.2) is 0 Å². The molecule has 304 valence electrons. The van der Waals surface area contributed by atoms with Crippen molar-refractivity contribution in [3.63, 3.8) is 0 Å². The maximum absolute atomic E-state index is 11.3. The van der Waals surface area contributed by atoms with E-state index in [1.165, 1.54) is 180 Å². The monoisotopic (exact) mass is 722 g/mol. The highest BCUT2D eigenvalue weighted by molar-refractivity contribution is 5.46. The van der Waals surface area contributed by atoms with E-state index in [0.29, 0.717) is 0 Å². The van der Waals surface area contributed by atoms with Gasteiger partial charge in [0.25, 0.3) is 0 Å². The number of amides is 1. The zero-order chi connectivity index (χ0) is 36.7. The number of β-amino-alcohol motifs (C(OH)–C–C–N with tert-alkyl or cyclic N) is 1. The number of aliphatic hydroxyl groups is 1. The number of carbonyl (C=O) groups is 1. The largest absolute Gasteiger partial charge is 0.390 e. The van der Waals surface area contributed by atoms with Crippen molar-refractivity contribution in [2.75, 3.05) is 78.5 Å². The zero-order valence-electron chi connectivity index (χ0n) is 34.6. The van der Waals surface area contributed by atoms with Crippen LogP contribution in [-0.4, -0.2) is 111 Å². The van der Waals surface area contributed by atoms with E-state index in [-0.39, 0.29) is 6.10 Å². The van der Waals surface area contributed by atoms with Crippen molar-refractivity contribution in [3.05, 3.63) is 0 Å². The van der Waals surface area contributed by atoms with Gasteiger partial charge in [0.1, 0.15) is 0 Å². The van der Waals surface area contributed by atoms with Crippen molar-refractivity contribution in [1.82, 2.24) is 25.3 Å². The first-order chi connectivity index (χ1) is 25.2. The number of hydrogen-bond acceptors (Lipinski definition) is 6. The summed E-state index contributed by atoms with van der Waals surface area (Å²) < 4.78 is 0. The van der Waals surface area contributed by atoms with Gasteiger partial charge in [0, 0.05) is 65.4 Å².